The van der Waals surface area contributed by atoms with Gasteiger partial charge in [0.15, 0.2) is 5.82 Å². The summed E-state index contributed by atoms with van der Waals surface area (Å²) in [6, 6.07) is 1.74. The number of halogens is 4. The van der Waals surface area contributed by atoms with E-state index in [0.717, 1.165) is 4.47 Å². The Balaban J connectivity index is 1.96. The maximum atomic E-state index is 12.3. The van der Waals surface area contributed by atoms with Gasteiger partial charge in [0.25, 0.3) is 0 Å². The highest BCUT2D eigenvalue weighted by Crippen LogP contribution is 2.25. The molecule has 1 aromatic rings. The summed E-state index contributed by atoms with van der Waals surface area (Å²) in [5.74, 6) is 0.634. The molecular weight excluding hydrogens is 325 g/mol. The lowest BCUT2D eigenvalue weighted by Gasteiger charge is -2.36. The van der Waals surface area contributed by atoms with Gasteiger partial charge in [0.2, 0.25) is 0 Å². The minimum atomic E-state index is -4.14. The highest BCUT2D eigenvalue weighted by atomic mass is 79.9. The fourth-order valence-electron chi connectivity index (χ4n) is 2.08. The van der Waals surface area contributed by atoms with Gasteiger partial charge >= 0.3 is 6.18 Å². The van der Waals surface area contributed by atoms with Crippen LogP contribution in [0.3, 0.4) is 0 Å². The molecule has 1 saturated heterocycles. The van der Waals surface area contributed by atoms with E-state index in [-0.39, 0.29) is 0 Å². The van der Waals surface area contributed by atoms with Crippen molar-refractivity contribution in [3.05, 3.63) is 16.7 Å². The van der Waals surface area contributed by atoms with Crippen LogP contribution in [-0.2, 0) is 0 Å². The number of aromatic nitrogens is 1. The molecule has 106 valence electrons. The van der Waals surface area contributed by atoms with E-state index in [1.165, 1.54) is 4.90 Å². The Labute approximate surface area is 117 Å². The molecule has 2 heterocycles. The summed E-state index contributed by atoms with van der Waals surface area (Å²) in [4.78, 5) is 7.52. The standard InChI is InChI=1S/C11H14BrF3N4/c12-8-5-9(16)10(17-6-8)19-3-1-18(2-4-19)7-11(13,14)15/h5-6H,1-4,7,16H2. The maximum absolute atomic E-state index is 12.3. The lowest BCUT2D eigenvalue weighted by atomic mass is 10.3. The van der Waals surface area contributed by atoms with E-state index >= 15 is 0 Å². The van der Waals surface area contributed by atoms with Crippen molar-refractivity contribution >= 4 is 27.4 Å². The van der Waals surface area contributed by atoms with Crippen LogP contribution >= 0.6 is 15.9 Å². The normalized spacial score (nSPS) is 17.8. The summed E-state index contributed by atoms with van der Waals surface area (Å²) in [5.41, 5.74) is 6.39. The molecule has 0 saturated carbocycles. The minimum Gasteiger partial charge on any atom is -0.396 e. The molecule has 0 radical (unpaired) electrons. The van der Waals surface area contributed by atoms with Crippen molar-refractivity contribution in [2.24, 2.45) is 0 Å². The third-order valence-electron chi connectivity index (χ3n) is 2.94. The molecule has 0 aromatic carbocycles. The van der Waals surface area contributed by atoms with Gasteiger partial charge in [-0.25, -0.2) is 4.98 Å². The van der Waals surface area contributed by atoms with Crippen molar-refractivity contribution in [2.45, 2.75) is 6.18 Å². The second kappa shape index (κ2) is 5.54. The zero-order valence-corrected chi connectivity index (χ0v) is 11.7. The first kappa shape index (κ1) is 14.4. The van der Waals surface area contributed by atoms with E-state index in [2.05, 4.69) is 20.9 Å². The molecule has 0 spiro atoms. The number of nitrogens with zero attached hydrogens (tertiary/aromatic N) is 3. The van der Waals surface area contributed by atoms with Crippen molar-refractivity contribution in [3.63, 3.8) is 0 Å². The van der Waals surface area contributed by atoms with Crippen molar-refractivity contribution in [3.8, 4) is 0 Å². The highest BCUT2D eigenvalue weighted by Gasteiger charge is 2.32. The fraction of sp³-hybridized carbons (Fsp3) is 0.545. The lowest BCUT2D eigenvalue weighted by molar-refractivity contribution is -0.146. The zero-order chi connectivity index (χ0) is 14.0. The molecule has 2 N–H and O–H groups in total. The molecule has 1 fully saturated rings. The van der Waals surface area contributed by atoms with Gasteiger partial charge in [0.1, 0.15) is 0 Å². The largest absolute Gasteiger partial charge is 0.401 e. The summed E-state index contributed by atoms with van der Waals surface area (Å²) in [6.07, 6.45) is -2.51. The predicted octanol–water partition coefficient (Wildman–Crippen LogP) is 2.11. The molecule has 0 unspecified atom stereocenters. The predicted molar refractivity (Wildman–Crippen MR) is 71.1 cm³/mol. The third-order valence-corrected chi connectivity index (χ3v) is 3.37. The average Bonchev–Trinajstić information content (AvgIpc) is 2.28. The van der Waals surface area contributed by atoms with Crippen LogP contribution in [-0.4, -0.2) is 48.8 Å². The minimum absolute atomic E-state index is 0.358. The SMILES string of the molecule is Nc1cc(Br)cnc1N1CCN(CC(F)(F)F)CC1. The smallest absolute Gasteiger partial charge is 0.396 e. The molecule has 19 heavy (non-hydrogen) atoms. The van der Waals surface area contributed by atoms with E-state index in [0.29, 0.717) is 37.7 Å². The van der Waals surface area contributed by atoms with Gasteiger partial charge in [-0.2, -0.15) is 13.2 Å². The van der Waals surface area contributed by atoms with Gasteiger partial charge in [0, 0.05) is 36.8 Å². The molecule has 0 amide bonds. The molecule has 1 aromatic heterocycles. The number of anilines is 2. The van der Waals surface area contributed by atoms with E-state index < -0.39 is 12.7 Å². The number of rotatable bonds is 2. The van der Waals surface area contributed by atoms with Gasteiger partial charge < -0.3 is 10.6 Å². The van der Waals surface area contributed by atoms with Crippen LogP contribution in [0.5, 0.6) is 0 Å². The van der Waals surface area contributed by atoms with E-state index in [1.54, 1.807) is 12.3 Å². The molecule has 1 aliphatic rings. The van der Waals surface area contributed by atoms with Crippen molar-refractivity contribution in [2.75, 3.05) is 43.4 Å². The van der Waals surface area contributed by atoms with Crippen molar-refractivity contribution in [1.29, 1.82) is 0 Å². The Morgan fingerprint density at radius 2 is 1.89 bits per heavy atom. The van der Waals surface area contributed by atoms with Crippen LogP contribution in [0, 0.1) is 0 Å². The van der Waals surface area contributed by atoms with E-state index in [4.69, 9.17) is 5.73 Å². The van der Waals surface area contributed by atoms with Crippen molar-refractivity contribution in [1.82, 2.24) is 9.88 Å². The van der Waals surface area contributed by atoms with Gasteiger partial charge in [-0.15, -0.1) is 0 Å². The average molecular weight is 339 g/mol. The number of hydrogen-bond donors (Lipinski definition) is 1. The molecule has 0 atom stereocenters. The van der Waals surface area contributed by atoms with Gasteiger partial charge in [-0.3, -0.25) is 4.90 Å². The number of hydrogen-bond acceptors (Lipinski definition) is 4. The number of alkyl halides is 3. The number of piperazine rings is 1. The van der Waals surface area contributed by atoms with Gasteiger partial charge in [-0.05, 0) is 22.0 Å². The Morgan fingerprint density at radius 3 is 2.42 bits per heavy atom. The summed E-state index contributed by atoms with van der Waals surface area (Å²) in [7, 11) is 0. The Hall–Kier alpha value is -1.02. The summed E-state index contributed by atoms with van der Waals surface area (Å²) in [5, 5.41) is 0. The molecular formula is C11H14BrF3N4. The second-order valence-electron chi connectivity index (χ2n) is 4.44. The first-order valence-electron chi connectivity index (χ1n) is 5.80. The number of nitrogen functional groups attached to an aromatic ring is 1. The molecule has 0 bridgehead atoms. The van der Waals surface area contributed by atoms with Crippen LogP contribution in [0.25, 0.3) is 0 Å². The first-order chi connectivity index (χ1) is 8.85. The quantitative estimate of drug-likeness (QED) is 0.897. The molecule has 2 rings (SSSR count). The van der Waals surface area contributed by atoms with E-state index in [1.807, 2.05) is 4.90 Å². The Morgan fingerprint density at radius 1 is 1.26 bits per heavy atom. The fourth-order valence-corrected chi connectivity index (χ4v) is 2.43. The monoisotopic (exact) mass is 338 g/mol. The number of pyridine rings is 1. The van der Waals surface area contributed by atoms with Crippen LogP contribution in [0.1, 0.15) is 0 Å². The summed E-state index contributed by atoms with van der Waals surface area (Å²) < 4.78 is 37.6. The van der Waals surface area contributed by atoms with Crippen LogP contribution in [0.2, 0.25) is 0 Å². The van der Waals surface area contributed by atoms with Gasteiger partial charge in [0.05, 0.1) is 12.2 Å². The third kappa shape index (κ3) is 3.97. The first-order valence-corrected chi connectivity index (χ1v) is 6.59. The number of nitrogens with two attached hydrogens (primary N) is 1. The topological polar surface area (TPSA) is 45.4 Å². The van der Waals surface area contributed by atoms with Crippen LogP contribution in [0.4, 0.5) is 24.7 Å². The second-order valence-corrected chi connectivity index (χ2v) is 5.36. The maximum Gasteiger partial charge on any atom is 0.401 e. The summed E-state index contributed by atoms with van der Waals surface area (Å²) >= 11 is 3.27. The Kier molecular flexibility index (Phi) is 4.19. The van der Waals surface area contributed by atoms with E-state index in [9.17, 15) is 13.2 Å². The molecule has 0 aliphatic carbocycles. The van der Waals surface area contributed by atoms with Crippen molar-refractivity contribution < 1.29 is 13.2 Å². The zero-order valence-electron chi connectivity index (χ0n) is 10.1. The Bertz CT molecular complexity index is 444. The molecule has 8 heteroatoms. The lowest BCUT2D eigenvalue weighted by Crippen LogP contribution is -2.49. The molecule has 4 nitrogen and oxygen atoms in total. The summed E-state index contributed by atoms with van der Waals surface area (Å²) in [6.45, 7) is 0.849. The van der Waals surface area contributed by atoms with Crippen LogP contribution in [0.15, 0.2) is 16.7 Å². The molecule has 1 aliphatic heterocycles. The highest BCUT2D eigenvalue weighted by molar-refractivity contribution is 9.10. The van der Waals surface area contributed by atoms with Gasteiger partial charge in [-0.1, -0.05) is 0 Å². The van der Waals surface area contributed by atoms with Crippen LogP contribution < -0.4 is 10.6 Å².